The Bertz CT molecular complexity index is 495. The second-order valence-corrected chi connectivity index (χ2v) is 7.32. The summed E-state index contributed by atoms with van der Waals surface area (Å²) in [6.45, 7) is 7.48. The van der Waals surface area contributed by atoms with Crippen molar-refractivity contribution in [1.82, 2.24) is 5.32 Å². The molecule has 1 aromatic carbocycles. The lowest BCUT2D eigenvalue weighted by Gasteiger charge is -2.36. The molecule has 0 spiro atoms. The average molecular weight is 317 g/mol. The fourth-order valence-corrected chi connectivity index (χ4v) is 3.76. The molecule has 0 bridgehead atoms. The third-order valence-electron chi connectivity index (χ3n) is 5.23. The van der Waals surface area contributed by atoms with Crippen LogP contribution in [-0.4, -0.2) is 19.6 Å². The maximum atomic E-state index is 12.6. The summed E-state index contributed by atoms with van der Waals surface area (Å²) >= 11 is 0. The molecule has 0 radical (unpaired) electrons. The Balaban J connectivity index is 1.84. The van der Waals surface area contributed by atoms with Crippen molar-refractivity contribution in [2.45, 2.75) is 46.5 Å². The molecule has 1 aliphatic rings. The minimum Gasteiger partial charge on any atom is -0.497 e. The van der Waals surface area contributed by atoms with E-state index in [2.05, 4.69) is 38.2 Å². The van der Waals surface area contributed by atoms with Gasteiger partial charge in [-0.3, -0.25) is 4.79 Å². The number of nitrogens with one attached hydrogen (secondary N) is 1. The van der Waals surface area contributed by atoms with Crippen molar-refractivity contribution in [2.75, 3.05) is 13.7 Å². The van der Waals surface area contributed by atoms with E-state index in [1.54, 1.807) is 7.11 Å². The minimum atomic E-state index is 0.189. The topological polar surface area (TPSA) is 38.3 Å². The number of benzene rings is 1. The van der Waals surface area contributed by atoms with Crippen LogP contribution in [0.15, 0.2) is 24.3 Å². The van der Waals surface area contributed by atoms with Crippen LogP contribution in [0.2, 0.25) is 0 Å². The monoisotopic (exact) mass is 317 g/mol. The molecule has 1 aromatic rings. The third kappa shape index (κ3) is 4.98. The molecule has 1 unspecified atom stereocenters. The summed E-state index contributed by atoms with van der Waals surface area (Å²) in [7, 11) is 1.67. The molecule has 1 fully saturated rings. The van der Waals surface area contributed by atoms with E-state index in [1.807, 2.05) is 12.1 Å². The van der Waals surface area contributed by atoms with Gasteiger partial charge in [0.05, 0.1) is 7.11 Å². The first-order chi connectivity index (χ1) is 11.0. The molecule has 128 valence electrons. The van der Waals surface area contributed by atoms with Crippen molar-refractivity contribution in [3.8, 4) is 5.75 Å². The van der Waals surface area contributed by atoms with E-state index in [4.69, 9.17) is 4.74 Å². The van der Waals surface area contributed by atoms with Gasteiger partial charge in [0.15, 0.2) is 0 Å². The molecule has 0 aromatic heterocycles. The zero-order valence-electron chi connectivity index (χ0n) is 15.0. The van der Waals surface area contributed by atoms with E-state index in [1.165, 1.54) is 18.4 Å². The van der Waals surface area contributed by atoms with E-state index >= 15 is 0 Å². The van der Waals surface area contributed by atoms with Crippen LogP contribution < -0.4 is 10.1 Å². The van der Waals surface area contributed by atoms with Crippen LogP contribution in [0.4, 0.5) is 0 Å². The number of hydrogen-bond acceptors (Lipinski definition) is 2. The summed E-state index contributed by atoms with van der Waals surface area (Å²) < 4.78 is 5.17. The van der Waals surface area contributed by atoms with Crippen LogP contribution in [0.25, 0.3) is 0 Å². The number of amides is 1. The second-order valence-electron chi connectivity index (χ2n) is 7.32. The van der Waals surface area contributed by atoms with Crippen LogP contribution in [0, 0.1) is 23.7 Å². The van der Waals surface area contributed by atoms with E-state index in [0.29, 0.717) is 24.3 Å². The number of carbonyl (C=O) groups is 1. The molecular formula is C20H31NO2. The van der Waals surface area contributed by atoms with Crippen molar-refractivity contribution >= 4 is 5.91 Å². The van der Waals surface area contributed by atoms with Crippen molar-refractivity contribution in [2.24, 2.45) is 23.7 Å². The molecule has 3 nitrogen and oxygen atoms in total. The molecule has 1 N–H and O–H groups in total. The van der Waals surface area contributed by atoms with Crippen molar-refractivity contribution in [3.63, 3.8) is 0 Å². The fourth-order valence-electron chi connectivity index (χ4n) is 3.76. The third-order valence-corrected chi connectivity index (χ3v) is 5.23. The van der Waals surface area contributed by atoms with Gasteiger partial charge in [-0.05, 0) is 54.7 Å². The van der Waals surface area contributed by atoms with Gasteiger partial charge in [0.25, 0.3) is 0 Å². The largest absolute Gasteiger partial charge is 0.497 e. The van der Waals surface area contributed by atoms with E-state index < -0.39 is 0 Å². The number of carbonyl (C=O) groups excluding carboxylic acids is 1. The summed E-state index contributed by atoms with van der Waals surface area (Å²) in [5, 5.41) is 3.16. The van der Waals surface area contributed by atoms with Crippen molar-refractivity contribution in [3.05, 3.63) is 29.8 Å². The molecule has 23 heavy (non-hydrogen) atoms. The maximum absolute atomic E-state index is 12.6. The molecule has 2 rings (SSSR count). The summed E-state index contributed by atoms with van der Waals surface area (Å²) in [5.41, 5.74) is 1.23. The van der Waals surface area contributed by atoms with Crippen LogP contribution >= 0.6 is 0 Å². The predicted molar refractivity (Wildman–Crippen MR) is 94.5 cm³/mol. The van der Waals surface area contributed by atoms with Gasteiger partial charge in [0.2, 0.25) is 5.91 Å². The minimum absolute atomic E-state index is 0.189. The van der Waals surface area contributed by atoms with E-state index in [0.717, 1.165) is 18.6 Å². The Labute approximate surface area is 140 Å². The first kappa shape index (κ1) is 17.8. The number of hydrogen-bond donors (Lipinski definition) is 1. The number of rotatable bonds is 6. The summed E-state index contributed by atoms with van der Waals surface area (Å²) in [6.07, 6.45) is 4.36. The van der Waals surface area contributed by atoms with E-state index in [-0.39, 0.29) is 11.8 Å². The lowest BCUT2D eigenvalue weighted by molar-refractivity contribution is -0.129. The first-order valence-electron chi connectivity index (χ1n) is 8.92. The number of ether oxygens (including phenoxy) is 1. The smallest absolute Gasteiger partial charge is 0.223 e. The second kappa shape index (κ2) is 8.37. The SMILES string of the molecule is COc1ccc(CCNC(=O)[C@@H]2CC(C)CC[C@H]2C(C)C)cc1. The highest BCUT2D eigenvalue weighted by Gasteiger charge is 2.35. The molecule has 1 saturated carbocycles. The van der Waals surface area contributed by atoms with Gasteiger partial charge in [0.1, 0.15) is 5.75 Å². The molecule has 3 heteroatoms. The van der Waals surface area contributed by atoms with Gasteiger partial charge in [-0.2, -0.15) is 0 Å². The Kier molecular flexibility index (Phi) is 6.49. The summed E-state index contributed by atoms with van der Waals surface area (Å²) in [6, 6.07) is 8.05. The van der Waals surface area contributed by atoms with Gasteiger partial charge in [-0.25, -0.2) is 0 Å². The fraction of sp³-hybridized carbons (Fsp3) is 0.650. The van der Waals surface area contributed by atoms with Gasteiger partial charge in [-0.1, -0.05) is 39.3 Å². The van der Waals surface area contributed by atoms with Crippen molar-refractivity contribution < 1.29 is 9.53 Å². The molecule has 0 aliphatic heterocycles. The zero-order valence-corrected chi connectivity index (χ0v) is 15.0. The molecule has 0 saturated heterocycles. The predicted octanol–water partition coefficient (Wildman–Crippen LogP) is 4.06. The highest BCUT2D eigenvalue weighted by molar-refractivity contribution is 5.79. The first-order valence-corrected chi connectivity index (χ1v) is 8.92. The highest BCUT2D eigenvalue weighted by Crippen LogP contribution is 2.38. The van der Waals surface area contributed by atoms with Crippen LogP contribution in [-0.2, 0) is 11.2 Å². The Hall–Kier alpha value is -1.51. The molecule has 1 aliphatic carbocycles. The Morgan fingerprint density at radius 2 is 1.96 bits per heavy atom. The number of methoxy groups -OCH3 is 1. The standard InChI is InChI=1S/C20H31NO2/c1-14(2)18-10-5-15(3)13-19(18)20(22)21-12-11-16-6-8-17(23-4)9-7-16/h6-9,14-15,18-19H,5,10-13H2,1-4H3,(H,21,22)/t15?,18-,19+/m0/s1. The molecular weight excluding hydrogens is 286 g/mol. The van der Waals surface area contributed by atoms with Crippen LogP contribution in [0.5, 0.6) is 5.75 Å². The highest BCUT2D eigenvalue weighted by atomic mass is 16.5. The lowest BCUT2D eigenvalue weighted by Crippen LogP contribution is -2.40. The Morgan fingerprint density at radius 3 is 2.57 bits per heavy atom. The van der Waals surface area contributed by atoms with Crippen molar-refractivity contribution in [1.29, 1.82) is 0 Å². The van der Waals surface area contributed by atoms with Gasteiger partial charge in [-0.15, -0.1) is 0 Å². The molecule has 3 atom stereocenters. The zero-order chi connectivity index (χ0) is 16.8. The average Bonchev–Trinajstić information content (AvgIpc) is 2.55. The molecule has 1 amide bonds. The van der Waals surface area contributed by atoms with Gasteiger partial charge < -0.3 is 10.1 Å². The van der Waals surface area contributed by atoms with Crippen LogP contribution in [0.3, 0.4) is 0 Å². The Morgan fingerprint density at radius 1 is 1.26 bits per heavy atom. The van der Waals surface area contributed by atoms with Gasteiger partial charge in [0, 0.05) is 12.5 Å². The summed E-state index contributed by atoms with van der Waals surface area (Å²) in [5.74, 6) is 3.10. The van der Waals surface area contributed by atoms with Crippen LogP contribution in [0.1, 0.15) is 45.6 Å². The molecule has 0 heterocycles. The lowest BCUT2D eigenvalue weighted by atomic mass is 9.70. The quantitative estimate of drug-likeness (QED) is 0.859. The summed E-state index contributed by atoms with van der Waals surface area (Å²) in [4.78, 5) is 12.6. The van der Waals surface area contributed by atoms with Gasteiger partial charge >= 0.3 is 0 Å². The normalized spacial score (nSPS) is 24.5. The van der Waals surface area contributed by atoms with E-state index in [9.17, 15) is 4.79 Å². The maximum Gasteiger partial charge on any atom is 0.223 e.